The van der Waals surface area contributed by atoms with E-state index in [9.17, 15) is 4.79 Å². The third kappa shape index (κ3) is 3.71. The maximum atomic E-state index is 12.3. The quantitative estimate of drug-likeness (QED) is 0.928. The Morgan fingerprint density at radius 3 is 2.96 bits per heavy atom. The summed E-state index contributed by atoms with van der Waals surface area (Å²) < 4.78 is 0. The van der Waals surface area contributed by atoms with Crippen molar-refractivity contribution >= 4 is 17.5 Å². The summed E-state index contributed by atoms with van der Waals surface area (Å²) in [6.07, 6.45) is 1.12. The average Bonchev–Trinajstić information content (AvgIpc) is 3.11. The summed E-state index contributed by atoms with van der Waals surface area (Å²) in [5.74, 6) is 0.331. The Morgan fingerprint density at radius 2 is 2.26 bits per heavy atom. The van der Waals surface area contributed by atoms with Gasteiger partial charge < -0.3 is 10.2 Å². The number of carbonyl (C=O) groups is 1. The molecule has 1 aliphatic heterocycles. The summed E-state index contributed by atoms with van der Waals surface area (Å²) in [5, 5.41) is 12.2. The summed E-state index contributed by atoms with van der Waals surface area (Å²) in [5.41, 5.74) is 1.69. The van der Waals surface area contributed by atoms with Gasteiger partial charge >= 0.3 is 0 Å². The topological polar surface area (TPSA) is 63.1 Å². The third-order valence-electron chi connectivity index (χ3n) is 4.08. The van der Waals surface area contributed by atoms with Crippen molar-refractivity contribution < 1.29 is 4.79 Å². The molecular formula is C16H20ClN5O. The van der Waals surface area contributed by atoms with Gasteiger partial charge in [0.1, 0.15) is 0 Å². The highest BCUT2D eigenvalue weighted by Crippen LogP contribution is 2.15. The molecule has 1 fully saturated rings. The molecular weight excluding hydrogens is 314 g/mol. The maximum absolute atomic E-state index is 12.3. The van der Waals surface area contributed by atoms with E-state index in [2.05, 4.69) is 27.5 Å². The van der Waals surface area contributed by atoms with Crippen molar-refractivity contribution in [3.05, 3.63) is 40.7 Å². The summed E-state index contributed by atoms with van der Waals surface area (Å²) in [6.45, 7) is 4.57. The molecule has 0 saturated carbocycles. The zero-order chi connectivity index (χ0) is 16.4. The van der Waals surface area contributed by atoms with Crippen molar-refractivity contribution in [1.29, 1.82) is 0 Å². The summed E-state index contributed by atoms with van der Waals surface area (Å²) >= 11 is 5.99. The number of carbonyl (C=O) groups excluding carboxylic acids is 1. The number of nitrogens with zero attached hydrogens (tertiary/aromatic N) is 4. The van der Waals surface area contributed by atoms with Crippen LogP contribution in [0.2, 0.25) is 5.02 Å². The second-order valence-corrected chi connectivity index (χ2v) is 6.47. The maximum Gasteiger partial charge on any atom is 0.273 e. The van der Waals surface area contributed by atoms with Crippen LogP contribution in [-0.4, -0.2) is 52.5 Å². The molecule has 2 heterocycles. The van der Waals surface area contributed by atoms with Crippen molar-refractivity contribution in [1.82, 2.24) is 25.2 Å². The van der Waals surface area contributed by atoms with Crippen LogP contribution in [0, 0.1) is 12.8 Å². The minimum Gasteiger partial charge on any atom is -0.350 e. The van der Waals surface area contributed by atoms with E-state index in [4.69, 9.17) is 11.6 Å². The van der Waals surface area contributed by atoms with Crippen LogP contribution >= 0.6 is 11.6 Å². The van der Waals surface area contributed by atoms with Gasteiger partial charge in [-0.2, -0.15) is 9.90 Å². The lowest BCUT2D eigenvalue weighted by Crippen LogP contribution is -2.31. The van der Waals surface area contributed by atoms with Gasteiger partial charge in [0.15, 0.2) is 5.69 Å². The fourth-order valence-corrected chi connectivity index (χ4v) is 3.00. The summed E-state index contributed by atoms with van der Waals surface area (Å²) in [4.78, 5) is 16.1. The van der Waals surface area contributed by atoms with Gasteiger partial charge in [0.25, 0.3) is 5.91 Å². The molecule has 1 amide bonds. The molecule has 1 N–H and O–H groups in total. The molecule has 2 aromatic rings. The van der Waals surface area contributed by atoms with Crippen LogP contribution < -0.4 is 5.32 Å². The van der Waals surface area contributed by atoms with E-state index >= 15 is 0 Å². The normalized spacial score (nSPS) is 18.3. The fourth-order valence-electron chi connectivity index (χ4n) is 2.82. The Hall–Kier alpha value is -1.92. The number of aromatic nitrogens is 3. The van der Waals surface area contributed by atoms with E-state index < -0.39 is 0 Å². The van der Waals surface area contributed by atoms with Gasteiger partial charge in [-0.3, -0.25) is 4.79 Å². The number of likely N-dealkylation sites (tertiary alicyclic amines) is 1. The standard InChI is InChI=1S/C16H20ClN5O/c1-11-15(16(23)18-9-12-6-7-21(2)10-12)20-22(19-11)14-5-3-4-13(17)8-14/h3-5,8,12H,6-7,9-10H2,1-2H3,(H,18,23)/t12-/m1/s1. The number of hydrogen-bond donors (Lipinski definition) is 1. The van der Waals surface area contributed by atoms with E-state index in [0.29, 0.717) is 28.9 Å². The largest absolute Gasteiger partial charge is 0.350 e. The minimum atomic E-state index is -0.176. The number of hydrogen-bond acceptors (Lipinski definition) is 4. The van der Waals surface area contributed by atoms with E-state index in [1.165, 1.54) is 4.80 Å². The van der Waals surface area contributed by atoms with E-state index in [1.807, 2.05) is 12.1 Å². The molecule has 23 heavy (non-hydrogen) atoms. The molecule has 1 aliphatic rings. The SMILES string of the molecule is Cc1nn(-c2cccc(Cl)c2)nc1C(=O)NC[C@H]1CCN(C)C1. The van der Waals surface area contributed by atoms with Crippen molar-refractivity contribution in [2.75, 3.05) is 26.7 Å². The van der Waals surface area contributed by atoms with Crippen molar-refractivity contribution in [2.45, 2.75) is 13.3 Å². The minimum absolute atomic E-state index is 0.176. The van der Waals surface area contributed by atoms with Gasteiger partial charge in [0.2, 0.25) is 0 Å². The molecule has 0 bridgehead atoms. The zero-order valence-corrected chi connectivity index (χ0v) is 14.0. The lowest BCUT2D eigenvalue weighted by Gasteiger charge is -2.10. The Labute approximate surface area is 140 Å². The van der Waals surface area contributed by atoms with E-state index in [0.717, 1.165) is 25.2 Å². The van der Waals surface area contributed by atoms with Gasteiger partial charge in [0, 0.05) is 18.1 Å². The Kier molecular flexibility index (Phi) is 4.63. The molecule has 1 atom stereocenters. The highest BCUT2D eigenvalue weighted by Gasteiger charge is 2.22. The second kappa shape index (κ2) is 6.68. The number of aryl methyl sites for hydroxylation is 1. The molecule has 0 spiro atoms. The van der Waals surface area contributed by atoms with Crippen LogP contribution in [0.15, 0.2) is 24.3 Å². The molecule has 7 heteroatoms. The fraction of sp³-hybridized carbons (Fsp3) is 0.438. The first-order chi connectivity index (χ1) is 11.0. The Bertz CT molecular complexity index is 714. The molecule has 1 aromatic heterocycles. The number of amides is 1. The Balaban J connectivity index is 1.69. The van der Waals surface area contributed by atoms with E-state index in [-0.39, 0.29) is 5.91 Å². The average molecular weight is 334 g/mol. The lowest BCUT2D eigenvalue weighted by molar-refractivity contribution is 0.0941. The first kappa shape index (κ1) is 16.0. The number of halogens is 1. The van der Waals surface area contributed by atoms with Crippen LogP contribution in [0.3, 0.4) is 0 Å². The lowest BCUT2D eigenvalue weighted by atomic mass is 10.1. The number of nitrogens with one attached hydrogen (secondary N) is 1. The van der Waals surface area contributed by atoms with Crippen LogP contribution in [0.5, 0.6) is 0 Å². The summed E-state index contributed by atoms with van der Waals surface area (Å²) in [6, 6.07) is 7.22. The monoisotopic (exact) mass is 333 g/mol. The number of rotatable bonds is 4. The van der Waals surface area contributed by atoms with Crippen LogP contribution in [0.1, 0.15) is 22.6 Å². The van der Waals surface area contributed by atoms with Crippen molar-refractivity contribution in [3.63, 3.8) is 0 Å². The molecule has 0 unspecified atom stereocenters. The molecule has 0 aliphatic carbocycles. The van der Waals surface area contributed by atoms with Crippen LogP contribution in [0.4, 0.5) is 0 Å². The van der Waals surface area contributed by atoms with Crippen LogP contribution in [0.25, 0.3) is 5.69 Å². The second-order valence-electron chi connectivity index (χ2n) is 6.03. The van der Waals surface area contributed by atoms with Gasteiger partial charge in [-0.05, 0) is 51.1 Å². The molecule has 3 rings (SSSR count). The zero-order valence-electron chi connectivity index (χ0n) is 13.3. The van der Waals surface area contributed by atoms with Crippen molar-refractivity contribution in [2.24, 2.45) is 5.92 Å². The van der Waals surface area contributed by atoms with Crippen molar-refractivity contribution in [3.8, 4) is 5.69 Å². The third-order valence-corrected chi connectivity index (χ3v) is 4.31. The van der Waals surface area contributed by atoms with Crippen LogP contribution in [-0.2, 0) is 0 Å². The molecule has 6 nitrogen and oxygen atoms in total. The molecule has 1 saturated heterocycles. The van der Waals surface area contributed by atoms with E-state index in [1.54, 1.807) is 19.1 Å². The molecule has 0 radical (unpaired) electrons. The molecule has 122 valence electrons. The van der Waals surface area contributed by atoms with Gasteiger partial charge in [0.05, 0.1) is 11.4 Å². The van der Waals surface area contributed by atoms with Gasteiger partial charge in [-0.15, -0.1) is 5.10 Å². The predicted molar refractivity (Wildman–Crippen MR) is 89.0 cm³/mol. The first-order valence-corrected chi connectivity index (χ1v) is 8.07. The first-order valence-electron chi connectivity index (χ1n) is 7.69. The molecule has 1 aromatic carbocycles. The predicted octanol–water partition coefficient (Wildman–Crippen LogP) is 1.91. The van der Waals surface area contributed by atoms with Gasteiger partial charge in [-0.25, -0.2) is 0 Å². The summed E-state index contributed by atoms with van der Waals surface area (Å²) in [7, 11) is 2.10. The Morgan fingerprint density at radius 1 is 1.43 bits per heavy atom. The van der Waals surface area contributed by atoms with Gasteiger partial charge in [-0.1, -0.05) is 17.7 Å². The highest BCUT2D eigenvalue weighted by molar-refractivity contribution is 6.30. The smallest absolute Gasteiger partial charge is 0.273 e. The highest BCUT2D eigenvalue weighted by atomic mass is 35.5. The number of benzene rings is 1.